The van der Waals surface area contributed by atoms with Crippen molar-refractivity contribution in [3.63, 3.8) is 0 Å². The largest absolute Gasteiger partial charge is 0.416 e. The molecule has 40 heavy (non-hydrogen) atoms. The Morgan fingerprint density at radius 1 is 1.12 bits per heavy atom. The van der Waals surface area contributed by atoms with Gasteiger partial charge in [-0.3, -0.25) is 9.47 Å². The van der Waals surface area contributed by atoms with Crippen molar-refractivity contribution in [2.24, 2.45) is 0 Å². The molecule has 4 aromatic rings. The third kappa shape index (κ3) is 5.58. The summed E-state index contributed by atoms with van der Waals surface area (Å²) < 4.78 is 69.3. The van der Waals surface area contributed by atoms with E-state index >= 15 is 0 Å². The van der Waals surface area contributed by atoms with Gasteiger partial charge in [-0.15, -0.1) is 0 Å². The van der Waals surface area contributed by atoms with Crippen molar-refractivity contribution < 1.29 is 26.7 Å². The van der Waals surface area contributed by atoms with E-state index in [0.717, 1.165) is 17.7 Å². The van der Waals surface area contributed by atoms with Crippen molar-refractivity contribution in [2.45, 2.75) is 25.7 Å². The number of carbonyl (C=O) groups excluding carboxylic acids is 1. The predicted octanol–water partition coefficient (Wildman–Crippen LogP) is 6.03. The number of alkyl halides is 3. The number of hydrogen-bond acceptors (Lipinski definition) is 4. The number of rotatable bonds is 5. The Kier molecular flexibility index (Phi) is 7.36. The number of benzene rings is 2. The number of halogens is 5. The Morgan fingerprint density at radius 3 is 2.67 bits per heavy atom. The number of amides is 1. The molecule has 11 heteroatoms. The van der Waals surface area contributed by atoms with Gasteiger partial charge in [0.1, 0.15) is 11.9 Å². The molecule has 1 aliphatic rings. The first-order valence-corrected chi connectivity index (χ1v) is 12.3. The van der Waals surface area contributed by atoms with Crippen molar-refractivity contribution in [3.05, 3.63) is 106 Å². The van der Waals surface area contributed by atoms with Crippen LogP contribution in [0.15, 0.2) is 60.8 Å². The van der Waals surface area contributed by atoms with Crippen LogP contribution in [0.2, 0.25) is 0 Å². The summed E-state index contributed by atoms with van der Waals surface area (Å²) in [6.07, 6.45) is 0.653. The monoisotopic (exact) mass is 551 g/mol. The molecule has 0 aliphatic carbocycles. The van der Waals surface area contributed by atoms with Crippen LogP contribution in [0, 0.1) is 23.1 Å². The molecule has 1 N–H and O–H groups in total. The first-order chi connectivity index (χ1) is 19.1. The smallest absolute Gasteiger partial charge is 0.333 e. The molecule has 2 aromatic heterocycles. The van der Waals surface area contributed by atoms with Gasteiger partial charge in [0.05, 0.1) is 16.6 Å². The van der Waals surface area contributed by atoms with Gasteiger partial charge in [0.2, 0.25) is 5.95 Å². The number of pyridine rings is 1. The van der Waals surface area contributed by atoms with E-state index in [1.807, 2.05) is 6.08 Å². The SMILES string of the molecule is N#Cc1ccc(C=CCN2CCc3c(c4ccc(C(F)(F)F)cc4n3C(=O)NCc3ccnc(F)c3)C2)cc1F. The van der Waals surface area contributed by atoms with Gasteiger partial charge in [-0.05, 0) is 53.1 Å². The molecule has 6 nitrogen and oxygen atoms in total. The van der Waals surface area contributed by atoms with E-state index in [9.17, 15) is 26.7 Å². The van der Waals surface area contributed by atoms with E-state index in [4.69, 9.17) is 5.26 Å². The predicted molar refractivity (Wildman–Crippen MR) is 138 cm³/mol. The number of hydrogen-bond donors (Lipinski definition) is 1. The number of aromatic nitrogens is 2. The second-order valence-electron chi connectivity index (χ2n) is 9.37. The minimum absolute atomic E-state index is 0.0292. The van der Waals surface area contributed by atoms with Crippen LogP contribution in [-0.2, 0) is 25.7 Å². The second-order valence-corrected chi connectivity index (χ2v) is 9.37. The first kappa shape index (κ1) is 27.0. The summed E-state index contributed by atoms with van der Waals surface area (Å²) >= 11 is 0. The molecule has 204 valence electrons. The lowest BCUT2D eigenvalue weighted by Crippen LogP contribution is -2.34. The Labute approximate surface area is 226 Å². The van der Waals surface area contributed by atoms with Crippen LogP contribution in [0.5, 0.6) is 0 Å². The molecule has 1 aliphatic heterocycles. The Balaban J connectivity index is 1.41. The number of fused-ring (bicyclic) bond motifs is 3. The lowest BCUT2D eigenvalue weighted by molar-refractivity contribution is -0.137. The van der Waals surface area contributed by atoms with Crippen LogP contribution in [0.3, 0.4) is 0 Å². The fourth-order valence-electron chi connectivity index (χ4n) is 4.85. The van der Waals surface area contributed by atoms with Gasteiger partial charge >= 0.3 is 12.2 Å². The standard InChI is InChI=1S/C29H22F5N5O/c30-24-12-18(3-4-20(24)15-35)2-1-10-38-11-8-25-23(17-38)22-6-5-21(29(32,33)34)14-26(22)39(25)28(40)37-16-19-7-9-36-27(31)13-19/h1-7,9,12-14H,8,10-11,16-17H2,(H,37,40). The zero-order valence-corrected chi connectivity index (χ0v) is 21.0. The summed E-state index contributed by atoms with van der Waals surface area (Å²) in [5.41, 5.74) is 1.65. The van der Waals surface area contributed by atoms with Gasteiger partial charge in [-0.2, -0.15) is 22.8 Å². The van der Waals surface area contributed by atoms with Crippen molar-refractivity contribution in [2.75, 3.05) is 13.1 Å². The third-order valence-electron chi connectivity index (χ3n) is 6.78. The Bertz CT molecular complexity index is 1670. The minimum atomic E-state index is -4.59. The van der Waals surface area contributed by atoms with Crippen LogP contribution in [0.1, 0.15) is 33.5 Å². The van der Waals surface area contributed by atoms with E-state index in [1.165, 1.54) is 41.1 Å². The molecule has 0 saturated heterocycles. The number of nitrogens with one attached hydrogen (secondary N) is 1. The quantitative estimate of drug-likeness (QED) is 0.243. The molecule has 0 fully saturated rings. The zero-order valence-electron chi connectivity index (χ0n) is 21.0. The highest BCUT2D eigenvalue weighted by Crippen LogP contribution is 2.36. The Morgan fingerprint density at radius 2 is 1.95 bits per heavy atom. The average Bonchev–Trinajstić information content (AvgIpc) is 3.24. The average molecular weight is 552 g/mol. The summed E-state index contributed by atoms with van der Waals surface area (Å²) in [5, 5.41) is 12.1. The summed E-state index contributed by atoms with van der Waals surface area (Å²) in [4.78, 5) is 18.8. The van der Waals surface area contributed by atoms with Crippen LogP contribution < -0.4 is 5.32 Å². The molecule has 0 saturated carbocycles. The summed E-state index contributed by atoms with van der Waals surface area (Å²) in [6, 6.07) is 11.5. The van der Waals surface area contributed by atoms with E-state index in [2.05, 4.69) is 15.2 Å². The highest BCUT2D eigenvalue weighted by molar-refractivity contribution is 5.96. The Hall–Kier alpha value is -4.56. The molecule has 2 aromatic carbocycles. The molecule has 5 rings (SSSR count). The number of carbonyl (C=O) groups is 1. The lowest BCUT2D eigenvalue weighted by atomic mass is 10.0. The van der Waals surface area contributed by atoms with Crippen molar-refractivity contribution in [1.29, 1.82) is 5.26 Å². The lowest BCUT2D eigenvalue weighted by Gasteiger charge is -2.27. The molecule has 0 spiro atoms. The maximum atomic E-state index is 13.9. The van der Waals surface area contributed by atoms with Crippen LogP contribution in [0.4, 0.5) is 26.7 Å². The van der Waals surface area contributed by atoms with Crippen LogP contribution >= 0.6 is 0 Å². The van der Waals surface area contributed by atoms with Crippen molar-refractivity contribution >= 4 is 23.0 Å². The molecule has 0 unspecified atom stereocenters. The number of nitrogens with zero attached hydrogens (tertiary/aromatic N) is 4. The molecular weight excluding hydrogens is 529 g/mol. The molecule has 0 radical (unpaired) electrons. The van der Waals surface area contributed by atoms with Gasteiger partial charge in [-0.1, -0.05) is 24.3 Å². The van der Waals surface area contributed by atoms with Gasteiger partial charge in [0.25, 0.3) is 0 Å². The number of nitriles is 1. The maximum Gasteiger partial charge on any atom is 0.416 e. The van der Waals surface area contributed by atoms with E-state index in [-0.39, 0.29) is 17.6 Å². The summed E-state index contributed by atoms with van der Waals surface area (Å²) in [6.45, 7) is 1.37. The van der Waals surface area contributed by atoms with Crippen LogP contribution in [0.25, 0.3) is 17.0 Å². The summed E-state index contributed by atoms with van der Waals surface area (Å²) in [7, 11) is 0. The topological polar surface area (TPSA) is 74.0 Å². The van der Waals surface area contributed by atoms with E-state index < -0.39 is 29.5 Å². The van der Waals surface area contributed by atoms with Crippen molar-refractivity contribution in [3.8, 4) is 6.07 Å². The van der Waals surface area contributed by atoms with E-state index in [1.54, 1.807) is 18.2 Å². The van der Waals surface area contributed by atoms with Crippen molar-refractivity contribution in [1.82, 2.24) is 19.8 Å². The fraction of sp³-hybridized carbons (Fsp3) is 0.207. The second kappa shape index (κ2) is 10.9. The van der Waals surface area contributed by atoms with Gasteiger partial charge in [0.15, 0.2) is 0 Å². The highest BCUT2D eigenvalue weighted by Gasteiger charge is 2.33. The summed E-state index contributed by atoms with van der Waals surface area (Å²) in [5.74, 6) is -1.31. The zero-order chi connectivity index (χ0) is 28.4. The first-order valence-electron chi connectivity index (χ1n) is 12.3. The highest BCUT2D eigenvalue weighted by atomic mass is 19.4. The van der Waals surface area contributed by atoms with Gasteiger partial charge in [-0.25, -0.2) is 14.2 Å². The molecule has 3 heterocycles. The van der Waals surface area contributed by atoms with E-state index in [0.29, 0.717) is 48.3 Å². The normalized spacial score (nSPS) is 13.9. The molecule has 0 bridgehead atoms. The molecule has 1 amide bonds. The fourth-order valence-corrected chi connectivity index (χ4v) is 4.85. The molecular formula is C29H22F5N5O. The van der Waals surface area contributed by atoms with Crippen LogP contribution in [-0.4, -0.2) is 33.6 Å². The van der Waals surface area contributed by atoms with Gasteiger partial charge in [0, 0.05) is 49.9 Å². The molecule has 0 atom stereocenters. The minimum Gasteiger partial charge on any atom is -0.333 e. The van der Waals surface area contributed by atoms with Gasteiger partial charge < -0.3 is 5.32 Å². The third-order valence-corrected chi connectivity index (χ3v) is 6.78. The maximum absolute atomic E-state index is 13.9.